The zero-order valence-corrected chi connectivity index (χ0v) is 13.3. The Bertz CT molecular complexity index is 1180. The van der Waals surface area contributed by atoms with Crippen molar-refractivity contribution >= 4 is 33.9 Å². The average Bonchev–Trinajstić information content (AvgIpc) is 2.95. The van der Waals surface area contributed by atoms with Gasteiger partial charge in [0.25, 0.3) is 5.56 Å². The molecule has 0 aliphatic carbocycles. The van der Waals surface area contributed by atoms with Crippen LogP contribution in [-0.2, 0) is 6.18 Å². The average molecular weight is 384 g/mol. The number of carbonyl (C=O) groups is 2. The SMILES string of the molecule is NC(=O)n1c(C(F)(F)F)cc(=O)n(-c2ccc3snc(C=O)c3c2)c1=O. The van der Waals surface area contributed by atoms with Gasteiger partial charge in [0, 0.05) is 11.5 Å². The second kappa shape index (κ2) is 5.91. The van der Waals surface area contributed by atoms with E-state index < -0.39 is 29.2 Å². The van der Waals surface area contributed by atoms with E-state index in [0.717, 1.165) is 11.5 Å². The van der Waals surface area contributed by atoms with Crippen molar-refractivity contribution < 1.29 is 22.8 Å². The summed E-state index contributed by atoms with van der Waals surface area (Å²) < 4.78 is 43.5. The first-order valence-corrected chi connectivity index (χ1v) is 7.53. The highest BCUT2D eigenvalue weighted by atomic mass is 32.1. The Balaban J connectivity index is 2.38. The third-order valence-electron chi connectivity index (χ3n) is 3.47. The van der Waals surface area contributed by atoms with Gasteiger partial charge < -0.3 is 5.73 Å². The van der Waals surface area contributed by atoms with Crippen molar-refractivity contribution in [2.75, 3.05) is 0 Å². The van der Waals surface area contributed by atoms with E-state index in [-0.39, 0.29) is 22.0 Å². The number of halogens is 3. The van der Waals surface area contributed by atoms with Crippen LogP contribution >= 0.6 is 11.5 Å². The summed E-state index contributed by atoms with van der Waals surface area (Å²) in [7, 11) is 0. The monoisotopic (exact) mass is 384 g/mol. The minimum Gasteiger partial charge on any atom is -0.351 e. The second-order valence-corrected chi connectivity index (χ2v) is 5.83. The number of carbonyl (C=O) groups excluding carboxylic acids is 2. The molecule has 2 N–H and O–H groups in total. The largest absolute Gasteiger partial charge is 0.432 e. The predicted molar refractivity (Wildman–Crippen MR) is 84.8 cm³/mol. The summed E-state index contributed by atoms with van der Waals surface area (Å²) in [5.74, 6) is 0. The number of nitrogens with zero attached hydrogens (tertiary/aromatic N) is 3. The fourth-order valence-corrected chi connectivity index (χ4v) is 3.10. The molecule has 26 heavy (non-hydrogen) atoms. The molecule has 1 aromatic carbocycles. The minimum atomic E-state index is -5.14. The Morgan fingerprint density at radius 2 is 1.92 bits per heavy atom. The number of aldehydes is 1. The zero-order chi connectivity index (χ0) is 19.2. The number of nitrogens with two attached hydrogens (primary N) is 1. The molecule has 8 nitrogen and oxygen atoms in total. The fourth-order valence-electron chi connectivity index (χ4n) is 2.37. The number of alkyl halides is 3. The Morgan fingerprint density at radius 3 is 2.50 bits per heavy atom. The van der Waals surface area contributed by atoms with E-state index in [0.29, 0.717) is 20.9 Å². The Morgan fingerprint density at radius 1 is 1.23 bits per heavy atom. The standard InChI is InChI=1S/C14H7F3N4O4S/c15-14(16,17)10-4-11(23)20(13(25)21(10)12(18)24)6-1-2-9-7(3-6)8(5-22)19-26-9/h1-5H,(H2,18,24). The number of amides is 1. The van der Waals surface area contributed by atoms with Gasteiger partial charge in [0.15, 0.2) is 6.29 Å². The van der Waals surface area contributed by atoms with E-state index in [1.54, 1.807) is 0 Å². The number of primary amides is 1. The summed E-state index contributed by atoms with van der Waals surface area (Å²) in [5.41, 5.74) is 0.126. The molecular weight excluding hydrogens is 377 g/mol. The van der Waals surface area contributed by atoms with Crippen LogP contribution in [0.25, 0.3) is 15.8 Å². The number of hydrogen-bond donors (Lipinski definition) is 1. The summed E-state index contributed by atoms with van der Waals surface area (Å²) in [6.07, 6.45) is -4.68. The topological polar surface area (TPSA) is 117 Å². The van der Waals surface area contributed by atoms with E-state index in [1.165, 1.54) is 18.2 Å². The van der Waals surface area contributed by atoms with Crippen LogP contribution in [0.2, 0.25) is 0 Å². The first kappa shape index (κ1) is 17.5. The van der Waals surface area contributed by atoms with Crippen molar-refractivity contribution in [3.63, 3.8) is 0 Å². The van der Waals surface area contributed by atoms with Crippen molar-refractivity contribution in [1.29, 1.82) is 0 Å². The molecule has 0 aliphatic heterocycles. The maximum Gasteiger partial charge on any atom is 0.432 e. The number of fused-ring (bicyclic) bond motifs is 1. The lowest BCUT2D eigenvalue weighted by Gasteiger charge is -2.14. The minimum absolute atomic E-state index is 0.0436. The molecule has 0 saturated heterocycles. The zero-order valence-electron chi connectivity index (χ0n) is 12.5. The quantitative estimate of drug-likeness (QED) is 0.670. The van der Waals surface area contributed by atoms with Crippen LogP contribution in [0.1, 0.15) is 16.2 Å². The summed E-state index contributed by atoms with van der Waals surface area (Å²) in [5, 5.41) is 0.305. The Kier molecular flexibility index (Phi) is 3.99. The second-order valence-electron chi connectivity index (χ2n) is 5.02. The molecule has 0 saturated carbocycles. The molecule has 0 bridgehead atoms. The van der Waals surface area contributed by atoms with Gasteiger partial charge in [-0.2, -0.15) is 17.5 Å². The number of aromatic nitrogens is 3. The van der Waals surface area contributed by atoms with Gasteiger partial charge in [-0.3, -0.25) is 9.59 Å². The van der Waals surface area contributed by atoms with Crippen molar-refractivity contribution in [1.82, 2.24) is 13.5 Å². The first-order valence-electron chi connectivity index (χ1n) is 6.76. The van der Waals surface area contributed by atoms with Crippen LogP contribution in [0.3, 0.4) is 0 Å². The maximum atomic E-state index is 13.0. The lowest BCUT2D eigenvalue weighted by Crippen LogP contribution is -2.46. The summed E-state index contributed by atoms with van der Waals surface area (Å²) in [6.45, 7) is 0. The van der Waals surface area contributed by atoms with Gasteiger partial charge in [-0.05, 0) is 29.7 Å². The first-order chi connectivity index (χ1) is 12.1. The van der Waals surface area contributed by atoms with Crippen molar-refractivity contribution in [3.05, 3.63) is 56.5 Å². The fraction of sp³-hybridized carbons (Fsp3) is 0.0714. The van der Waals surface area contributed by atoms with Gasteiger partial charge in [0.05, 0.1) is 10.4 Å². The Hall–Kier alpha value is -3.28. The van der Waals surface area contributed by atoms with E-state index in [4.69, 9.17) is 5.73 Å². The van der Waals surface area contributed by atoms with Crippen molar-refractivity contribution in [2.24, 2.45) is 5.73 Å². The van der Waals surface area contributed by atoms with Gasteiger partial charge >= 0.3 is 17.9 Å². The van der Waals surface area contributed by atoms with Crippen LogP contribution in [0.15, 0.2) is 33.9 Å². The van der Waals surface area contributed by atoms with E-state index in [1.807, 2.05) is 0 Å². The molecule has 1 amide bonds. The molecule has 3 aromatic rings. The molecule has 3 rings (SSSR count). The smallest absolute Gasteiger partial charge is 0.351 e. The van der Waals surface area contributed by atoms with E-state index in [2.05, 4.69) is 4.37 Å². The number of hydrogen-bond acceptors (Lipinski definition) is 6. The highest BCUT2D eigenvalue weighted by Crippen LogP contribution is 2.28. The molecule has 2 aromatic heterocycles. The van der Waals surface area contributed by atoms with E-state index in [9.17, 15) is 32.3 Å². The molecule has 0 unspecified atom stereocenters. The molecule has 2 heterocycles. The highest BCUT2D eigenvalue weighted by Gasteiger charge is 2.37. The summed E-state index contributed by atoms with van der Waals surface area (Å²) in [4.78, 5) is 46.9. The van der Waals surface area contributed by atoms with Crippen LogP contribution in [0, 0.1) is 0 Å². The molecule has 0 fully saturated rings. The normalized spacial score (nSPS) is 11.7. The van der Waals surface area contributed by atoms with Crippen LogP contribution in [-0.4, -0.2) is 25.8 Å². The third kappa shape index (κ3) is 2.69. The lowest BCUT2D eigenvalue weighted by molar-refractivity contribution is -0.143. The highest BCUT2D eigenvalue weighted by molar-refractivity contribution is 7.13. The third-order valence-corrected chi connectivity index (χ3v) is 4.31. The maximum absolute atomic E-state index is 13.0. The van der Waals surface area contributed by atoms with Gasteiger partial charge in [0.2, 0.25) is 0 Å². The molecular formula is C14H7F3N4O4S. The van der Waals surface area contributed by atoms with Gasteiger partial charge in [0.1, 0.15) is 11.4 Å². The van der Waals surface area contributed by atoms with Crippen molar-refractivity contribution in [2.45, 2.75) is 6.18 Å². The predicted octanol–water partition coefficient (Wildman–Crippen LogP) is 1.37. The van der Waals surface area contributed by atoms with Crippen LogP contribution in [0.4, 0.5) is 18.0 Å². The van der Waals surface area contributed by atoms with Gasteiger partial charge in [-0.25, -0.2) is 18.7 Å². The summed E-state index contributed by atoms with van der Waals surface area (Å²) >= 11 is 0.990. The van der Waals surface area contributed by atoms with Gasteiger partial charge in [-0.1, -0.05) is 0 Å². The van der Waals surface area contributed by atoms with E-state index >= 15 is 0 Å². The number of benzene rings is 1. The lowest BCUT2D eigenvalue weighted by atomic mass is 10.2. The molecule has 0 spiro atoms. The van der Waals surface area contributed by atoms with Crippen molar-refractivity contribution in [3.8, 4) is 5.69 Å². The Labute approximate surface area is 145 Å². The molecule has 0 atom stereocenters. The van der Waals surface area contributed by atoms with Crippen LogP contribution < -0.4 is 17.0 Å². The van der Waals surface area contributed by atoms with Crippen LogP contribution in [0.5, 0.6) is 0 Å². The van der Waals surface area contributed by atoms with Gasteiger partial charge in [-0.15, -0.1) is 0 Å². The molecule has 134 valence electrons. The molecule has 0 aliphatic rings. The summed E-state index contributed by atoms with van der Waals surface area (Å²) in [6, 6.07) is 2.36. The molecule has 0 radical (unpaired) electrons. The number of rotatable bonds is 2. The molecule has 12 heteroatoms.